The lowest BCUT2D eigenvalue weighted by Crippen LogP contribution is -2.21. The molecule has 0 amide bonds. The van der Waals surface area contributed by atoms with E-state index in [0.717, 1.165) is 0 Å². The topological polar surface area (TPSA) is 51.2 Å². The van der Waals surface area contributed by atoms with E-state index in [-0.39, 0.29) is 18.0 Å². The molecule has 5 heteroatoms. The van der Waals surface area contributed by atoms with Crippen molar-refractivity contribution in [1.29, 1.82) is 0 Å². The van der Waals surface area contributed by atoms with Crippen molar-refractivity contribution >= 4 is 15.6 Å². The first-order valence-corrected chi connectivity index (χ1v) is 7.15. The van der Waals surface area contributed by atoms with Crippen molar-refractivity contribution in [3.8, 4) is 0 Å². The molecule has 3 nitrogen and oxygen atoms in total. The zero-order valence-corrected chi connectivity index (χ0v) is 10.3. The van der Waals surface area contributed by atoms with Gasteiger partial charge in [0.25, 0.3) is 0 Å². The molecule has 2 rings (SSSR count). The summed E-state index contributed by atoms with van der Waals surface area (Å²) in [6.45, 7) is 1.43. The van der Waals surface area contributed by atoms with Gasteiger partial charge in [0.15, 0.2) is 21.3 Å². The summed E-state index contributed by atoms with van der Waals surface area (Å²) in [5, 5.41) is 0. The van der Waals surface area contributed by atoms with E-state index in [1.54, 1.807) is 0 Å². The van der Waals surface area contributed by atoms with Gasteiger partial charge < -0.3 is 0 Å². The predicted molar refractivity (Wildman–Crippen MR) is 62.5 cm³/mol. The zero-order chi connectivity index (χ0) is 12.7. The van der Waals surface area contributed by atoms with Crippen molar-refractivity contribution < 1.29 is 17.6 Å². The van der Waals surface area contributed by atoms with E-state index in [0.29, 0.717) is 11.1 Å². The number of hydrogen-bond donors (Lipinski definition) is 0. The molecule has 1 fully saturated rings. The number of ketones is 1. The van der Waals surface area contributed by atoms with E-state index in [1.165, 1.54) is 31.2 Å². The second kappa shape index (κ2) is 3.91. The smallest absolute Gasteiger partial charge is 0.159 e. The van der Waals surface area contributed by atoms with Gasteiger partial charge in [-0.25, -0.2) is 12.8 Å². The van der Waals surface area contributed by atoms with Gasteiger partial charge in [-0.05, 0) is 12.5 Å². The summed E-state index contributed by atoms with van der Waals surface area (Å²) >= 11 is 0. The molecule has 17 heavy (non-hydrogen) atoms. The summed E-state index contributed by atoms with van der Waals surface area (Å²) < 4.78 is 37.0. The second-order valence-electron chi connectivity index (χ2n) is 4.44. The summed E-state index contributed by atoms with van der Waals surface area (Å²) in [4.78, 5) is 11.1. The average molecular weight is 256 g/mol. The van der Waals surface area contributed by atoms with Gasteiger partial charge in [-0.1, -0.05) is 24.3 Å². The number of benzene rings is 1. The van der Waals surface area contributed by atoms with Crippen molar-refractivity contribution in [1.82, 2.24) is 0 Å². The fourth-order valence-electron chi connectivity index (χ4n) is 2.04. The highest BCUT2D eigenvalue weighted by atomic mass is 32.2. The standard InChI is InChI=1S/C12H13FO3S/c1-9(14)10-2-4-11(5-3-10)12(13)6-7-17(15,16)8-12/h2-5H,6-8H2,1H3. The lowest BCUT2D eigenvalue weighted by molar-refractivity contribution is 0.101. The number of halogens is 1. The van der Waals surface area contributed by atoms with Gasteiger partial charge in [0, 0.05) is 12.0 Å². The molecule has 0 aliphatic carbocycles. The minimum absolute atomic E-state index is 0.00521. The van der Waals surface area contributed by atoms with Crippen LogP contribution in [0.4, 0.5) is 4.39 Å². The molecule has 1 aliphatic heterocycles. The Morgan fingerprint density at radius 2 is 1.88 bits per heavy atom. The largest absolute Gasteiger partial charge is 0.295 e. The molecular formula is C12H13FO3S. The molecular weight excluding hydrogens is 243 g/mol. The summed E-state index contributed by atoms with van der Waals surface area (Å²) in [5.41, 5.74) is -0.962. The maximum Gasteiger partial charge on any atom is 0.159 e. The van der Waals surface area contributed by atoms with Crippen LogP contribution in [0.2, 0.25) is 0 Å². The minimum atomic E-state index is -3.27. The fourth-order valence-corrected chi connectivity index (χ4v) is 3.83. The third-order valence-corrected chi connectivity index (χ3v) is 4.79. The number of alkyl halides is 1. The Kier molecular flexibility index (Phi) is 2.81. The number of Topliss-reactive ketones (excluding diaryl/α,β-unsaturated/α-hetero) is 1. The SMILES string of the molecule is CC(=O)c1ccc(C2(F)CCS(=O)(=O)C2)cc1. The van der Waals surface area contributed by atoms with Crippen LogP contribution in [0.1, 0.15) is 29.3 Å². The molecule has 1 saturated heterocycles. The summed E-state index contributed by atoms with van der Waals surface area (Å²) in [6, 6.07) is 6.06. The number of hydrogen-bond acceptors (Lipinski definition) is 3. The Hall–Kier alpha value is -1.23. The Bertz CT molecular complexity index is 548. The van der Waals surface area contributed by atoms with Crippen LogP contribution < -0.4 is 0 Å². The second-order valence-corrected chi connectivity index (χ2v) is 6.62. The van der Waals surface area contributed by atoms with E-state index < -0.39 is 21.3 Å². The van der Waals surface area contributed by atoms with Crippen molar-refractivity contribution in [3.05, 3.63) is 35.4 Å². The van der Waals surface area contributed by atoms with Gasteiger partial charge in [-0.2, -0.15) is 0 Å². The van der Waals surface area contributed by atoms with Gasteiger partial charge in [-0.3, -0.25) is 4.79 Å². The molecule has 1 unspecified atom stereocenters. The van der Waals surface area contributed by atoms with Crippen molar-refractivity contribution in [3.63, 3.8) is 0 Å². The maximum absolute atomic E-state index is 14.4. The highest BCUT2D eigenvalue weighted by molar-refractivity contribution is 7.91. The third kappa shape index (κ3) is 2.39. The van der Waals surface area contributed by atoms with Crippen molar-refractivity contribution in [2.24, 2.45) is 0 Å². The lowest BCUT2D eigenvalue weighted by atomic mass is 9.94. The normalized spacial score (nSPS) is 26.9. The van der Waals surface area contributed by atoms with Gasteiger partial charge in [0.2, 0.25) is 0 Å². The van der Waals surface area contributed by atoms with Crippen LogP contribution in [0.3, 0.4) is 0 Å². The molecule has 0 bridgehead atoms. The highest BCUT2D eigenvalue weighted by Crippen LogP contribution is 2.37. The summed E-state index contributed by atoms with van der Waals surface area (Å²) in [7, 11) is -3.27. The van der Waals surface area contributed by atoms with E-state index >= 15 is 0 Å². The van der Waals surface area contributed by atoms with Crippen LogP contribution in [0.5, 0.6) is 0 Å². The van der Waals surface area contributed by atoms with Gasteiger partial charge in [0.1, 0.15) is 0 Å². The van der Waals surface area contributed by atoms with Crippen molar-refractivity contribution in [2.45, 2.75) is 19.0 Å². The quantitative estimate of drug-likeness (QED) is 0.759. The number of rotatable bonds is 2. The number of carbonyl (C=O) groups is 1. The zero-order valence-electron chi connectivity index (χ0n) is 9.44. The van der Waals surface area contributed by atoms with Crippen LogP contribution in [-0.2, 0) is 15.5 Å². The molecule has 1 aromatic carbocycles. The van der Waals surface area contributed by atoms with Gasteiger partial charge >= 0.3 is 0 Å². The first-order valence-electron chi connectivity index (χ1n) is 5.33. The molecule has 1 aromatic rings. The van der Waals surface area contributed by atoms with Crippen LogP contribution in [0.25, 0.3) is 0 Å². The Morgan fingerprint density at radius 1 is 1.29 bits per heavy atom. The average Bonchev–Trinajstić information content (AvgIpc) is 2.54. The molecule has 0 saturated carbocycles. The van der Waals surface area contributed by atoms with Gasteiger partial charge in [0.05, 0.1) is 11.5 Å². The molecule has 0 aromatic heterocycles. The molecule has 0 N–H and O–H groups in total. The molecule has 92 valence electrons. The molecule has 0 spiro atoms. The Labute approximate surface area is 99.6 Å². The number of sulfone groups is 1. The Balaban J connectivity index is 2.32. The third-order valence-electron chi connectivity index (χ3n) is 3.07. The van der Waals surface area contributed by atoms with Gasteiger partial charge in [-0.15, -0.1) is 0 Å². The lowest BCUT2D eigenvalue weighted by Gasteiger charge is -2.18. The molecule has 1 aliphatic rings. The van der Waals surface area contributed by atoms with Crippen LogP contribution in [-0.4, -0.2) is 25.7 Å². The molecule has 0 radical (unpaired) electrons. The highest BCUT2D eigenvalue weighted by Gasteiger charge is 2.43. The Morgan fingerprint density at radius 3 is 2.29 bits per heavy atom. The first kappa shape index (κ1) is 12.2. The summed E-state index contributed by atoms with van der Waals surface area (Å²) in [5.74, 6) is -0.666. The van der Waals surface area contributed by atoms with E-state index in [4.69, 9.17) is 0 Å². The maximum atomic E-state index is 14.4. The van der Waals surface area contributed by atoms with E-state index in [1.807, 2.05) is 0 Å². The number of carbonyl (C=O) groups excluding carboxylic acids is 1. The predicted octanol–water partition coefficient (Wildman–Crippen LogP) is 1.87. The first-order chi connectivity index (χ1) is 7.82. The minimum Gasteiger partial charge on any atom is -0.295 e. The monoisotopic (exact) mass is 256 g/mol. The van der Waals surface area contributed by atoms with E-state index in [2.05, 4.69) is 0 Å². The van der Waals surface area contributed by atoms with E-state index in [9.17, 15) is 17.6 Å². The fraction of sp³-hybridized carbons (Fsp3) is 0.417. The summed E-state index contributed by atoms with van der Waals surface area (Å²) in [6.07, 6.45) is -0.00521. The molecule has 1 heterocycles. The van der Waals surface area contributed by atoms with Crippen LogP contribution >= 0.6 is 0 Å². The molecule has 1 atom stereocenters. The van der Waals surface area contributed by atoms with Crippen LogP contribution in [0, 0.1) is 0 Å². The van der Waals surface area contributed by atoms with Crippen molar-refractivity contribution in [2.75, 3.05) is 11.5 Å². The van der Waals surface area contributed by atoms with Crippen LogP contribution in [0.15, 0.2) is 24.3 Å².